The number of allylic oxidation sites excluding steroid dienone is 4. The lowest BCUT2D eigenvalue weighted by Gasteiger charge is -2.56. The molecule has 0 heterocycles. The largest absolute Gasteiger partial charge is 0.385 e. The topological polar surface area (TPSA) is 37.3 Å². The quantitative estimate of drug-likeness (QED) is 0.723. The lowest BCUT2D eigenvalue weighted by molar-refractivity contribution is -0.126. The summed E-state index contributed by atoms with van der Waals surface area (Å²) in [5, 5.41) is 10.2. The molecular weight excluding hydrogens is 296 g/mol. The highest BCUT2D eigenvalue weighted by Gasteiger charge is 2.58. The van der Waals surface area contributed by atoms with Gasteiger partial charge in [-0.05, 0) is 85.2 Å². The zero-order valence-corrected chi connectivity index (χ0v) is 15.2. The van der Waals surface area contributed by atoms with E-state index in [1.54, 1.807) is 6.08 Å². The van der Waals surface area contributed by atoms with Gasteiger partial charge in [0.1, 0.15) is 6.10 Å². The molecule has 0 aromatic carbocycles. The molecular formula is C22H30O2. The number of ketones is 1. The number of hydrogen-bond donors (Lipinski definition) is 1. The normalized spacial score (nSPS) is 49.9. The Bertz CT molecular complexity index is 657. The molecule has 1 N–H and O–H groups in total. The van der Waals surface area contributed by atoms with Gasteiger partial charge in [-0.15, -0.1) is 0 Å². The molecule has 1 unspecified atom stereocenters. The summed E-state index contributed by atoms with van der Waals surface area (Å²) in [4.78, 5) is 11.9. The predicted octanol–water partition coefficient (Wildman–Crippen LogP) is 4.46. The molecule has 0 amide bonds. The van der Waals surface area contributed by atoms with Crippen molar-refractivity contribution in [2.75, 3.05) is 0 Å². The van der Waals surface area contributed by atoms with Crippen LogP contribution in [0.5, 0.6) is 0 Å². The van der Waals surface area contributed by atoms with Gasteiger partial charge in [0.25, 0.3) is 0 Å². The Morgan fingerprint density at radius 1 is 1.25 bits per heavy atom. The highest BCUT2D eigenvalue weighted by Crippen LogP contribution is 2.65. The van der Waals surface area contributed by atoms with Crippen LogP contribution >= 0.6 is 0 Å². The van der Waals surface area contributed by atoms with E-state index in [0.29, 0.717) is 35.5 Å². The Balaban J connectivity index is 1.73. The first-order valence-corrected chi connectivity index (χ1v) is 9.55. The van der Waals surface area contributed by atoms with Crippen LogP contribution in [0.3, 0.4) is 0 Å². The van der Waals surface area contributed by atoms with E-state index in [0.717, 1.165) is 5.57 Å². The van der Waals surface area contributed by atoms with Crippen molar-refractivity contribution in [2.45, 2.75) is 59.0 Å². The number of fused-ring (bicyclic) bond motifs is 5. The Hall–Kier alpha value is -1.15. The predicted molar refractivity (Wildman–Crippen MR) is 96.3 cm³/mol. The molecule has 130 valence electrons. The number of carbonyl (C=O) groups excluding carboxylic acids is 1. The van der Waals surface area contributed by atoms with Gasteiger partial charge in [0.2, 0.25) is 0 Å². The number of aliphatic hydroxyl groups is 1. The van der Waals surface area contributed by atoms with Crippen LogP contribution in [0.15, 0.2) is 36.0 Å². The minimum atomic E-state index is -0.814. The summed E-state index contributed by atoms with van der Waals surface area (Å²) in [7, 11) is 0. The molecule has 7 atom stereocenters. The van der Waals surface area contributed by atoms with Gasteiger partial charge < -0.3 is 5.11 Å². The highest BCUT2D eigenvalue weighted by atomic mass is 16.3. The molecule has 4 aliphatic carbocycles. The maximum atomic E-state index is 11.9. The summed E-state index contributed by atoms with van der Waals surface area (Å²) in [5.41, 5.74) is 2.83. The molecule has 2 heteroatoms. The zero-order valence-electron chi connectivity index (χ0n) is 15.2. The first-order valence-electron chi connectivity index (χ1n) is 9.55. The summed E-state index contributed by atoms with van der Waals surface area (Å²) < 4.78 is 0. The van der Waals surface area contributed by atoms with Gasteiger partial charge in [-0.1, -0.05) is 38.2 Å². The van der Waals surface area contributed by atoms with Crippen molar-refractivity contribution < 1.29 is 9.90 Å². The smallest absolute Gasteiger partial charge is 0.184 e. The monoisotopic (exact) mass is 326 g/mol. The first-order chi connectivity index (χ1) is 11.3. The third-order valence-electron chi connectivity index (χ3n) is 8.15. The van der Waals surface area contributed by atoms with Crippen LogP contribution in [0.4, 0.5) is 0 Å². The van der Waals surface area contributed by atoms with Crippen molar-refractivity contribution in [2.24, 2.45) is 34.5 Å². The Morgan fingerprint density at radius 3 is 2.71 bits per heavy atom. The maximum absolute atomic E-state index is 11.9. The fourth-order valence-corrected chi connectivity index (χ4v) is 6.87. The number of carbonyl (C=O) groups is 1. The van der Waals surface area contributed by atoms with E-state index in [2.05, 4.69) is 39.5 Å². The van der Waals surface area contributed by atoms with Crippen LogP contribution in [0.1, 0.15) is 52.9 Å². The SMILES string of the molecule is C=C(C)[C@H]1CC[C@H]2[C@@H]3C=CC4=CC(=O)C(O)C[C@]4(C)[C@H]3CC[C@]12C. The summed E-state index contributed by atoms with van der Waals surface area (Å²) in [6.45, 7) is 11.2. The molecule has 24 heavy (non-hydrogen) atoms. The Morgan fingerprint density at radius 2 is 2.00 bits per heavy atom. The standard InChI is InChI=1S/C22H30O2/c1-13(2)16-7-8-17-15-6-5-14-11-19(23)20(24)12-22(14,4)18(15)9-10-21(16,17)3/h5-6,11,15-18,20,24H,1,7-10,12H2,2-4H3/t15-,16+,17-,18-,20?,21+,22-/m0/s1. The second-order valence-electron chi connectivity index (χ2n) is 9.31. The van der Waals surface area contributed by atoms with Gasteiger partial charge in [0.05, 0.1) is 0 Å². The van der Waals surface area contributed by atoms with E-state index in [4.69, 9.17) is 0 Å². The second kappa shape index (κ2) is 5.17. The summed E-state index contributed by atoms with van der Waals surface area (Å²) >= 11 is 0. The van der Waals surface area contributed by atoms with Crippen LogP contribution in [0, 0.1) is 34.5 Å². The molecule has 0 aromatic heterocycles. The molecule has 4 aliphatic rings. The minimum Gasteiger partial charge on any atom is -0.385 e. The average Bonchev–Trinajstić information content (AvgIpc) is 2.86. The van der Waals surface area contributed by atoms with Gasteiger partial charge in [-0.3, -0.25) is 4.79 Å². The van der Waals surface area contributed by atoms with Crippen molar-refractivity contribution in [3.63, 3.8) is 0 Å². The molecule has 0 radical (unpaired) electrons. The van der Waals surface area contributed by atoms with Gasteiger partial charge in [-0.25, -0.2) is 0 Å². The molecule has 0 aromatic rings. The van der Waals surface area contributed by atoms with E-state index >= 15 is 0 Å². The van der Waals surface area contributed by atoms with E-state index in [9.17, 15) is 9.90 Å². The van der Waals surface area contributed by atoms with E-state index in [1.807, 2.05) is 0 Å². The summed E-state index contributed by atoms with van der Waals surface area (Å²) in [6.07, 6.45) is 11.1. The van der Waals surface area contributed by atoms with Crippen molar-refractivity contribution in [3.8, 4) is 0 Å². The lowest BCUT2D eigenvalue weighted by atomic mass is 9.48. The van der Waals surface area contributed by atoms with Crippen LogP contribution in [0.2, 0.25) is 0 Å². The number of rotatable bonds is 1. The third kappa shape index (κ3) is 2.02. The van der Waals surface area contributed by atoms with E-state index in [1.165, 1.54) is 31.3 Å². The Labute approximate surface area is 145 Å². The first kappa shape index (κ1) is 16.3. The van der Waals surface area contributed by atoms with Crippen LogP contribution < -0.4 is 0 Å². The van der Waals surface area contributed by atoms with Crippen molar-refractivity contribution in [1.29, 1.82) is 0 Å². The maximum Gasteiger partial charge on any atom is 0.184 e. The second-order valence-corrected chi connectivity index (χ2v) is 9.31. The van der Waals surface area contributed by atoms with Gasteiger partial charge >= 0.3 is 0 Å². The highest BCUT2D eigenvalue weighted by molar-refractivity contribution is 5.95. The number of hydrogen-bond acceptors (Lipinski definition) is 2. The van der Waals surface area contributed by atoms with Crippen LogP contribution in [-0.4, -0.2) is 17.0 Å². The minimum absolute atomic E-state index is 0.0462. The van der Waals surface area contributed by atoms with E-state index in [-0.39, 0.29) is 11.2 Å². The molecule has 0 saturated heterocycles. The van der Waals surface area contributed by atoms with Crippen LogP contribution in [0.25, 0.3) is 0 Å². The molecule has 2 nitrogen and oxygen atoms in total. The molecule has 0 bridgehead atoms. The lowest BCUT2D eigenvalue weighted by Crippen LogP contribution is -2.50. The van der Waals surface area contributed by atoms with Crippen molar-refractivity contribution >= 4 is 5.78 Å². The summed E-state index contributed by atoms with van der Waals surface area (Å²) in [6, 6.07) is 0. The summed E-state index contributed by atoms with van der Waals surface area (Å²) in [5.74, 6) is 2.38. The third-order valence-corrected chi connectivity index (χ3v) is 8.15. The van der Waals surface area contributed by atoms with Gasteiger partial charge in [0.15, 0.2) is 5.78 Å². The molecule has 0 aliphatic heterocycles. The van der Waals surface area contributed by atoms with Crippen molar-refractivity contribution in [3.05, 3.63) is 36.0 Å². The molecule has 0 spiro atoms. The van der Waals surface area contributed by atoms with Gasteiger partial charge in [0, 0.05) is 0 Å². The molecule has 2 fully saturated rings. The van der Waals surface area contributed by atoms with Crippen molar-refractivity contribution in [1.82, 2.24) is 0 Å². The fourth-order valence-electron chi connectivity index (χ4n) is 6.87. The Kier molecular flexibility index (Phi) is 3.52. The van der Waals surface area contributed by atoms with Gasteiger partial charge in [-0.2, -0.15) is 0 Å². The zero-order chi connectivity index (χ0) is 17.3. The number of aliphatic hydroxyl groups excluding tert-OH is 1. The molecule has 2 saturated carbocycles. The fraction of sp³-hybridized carbons (Fsp3) is 0.682. The van der Waals surface area contributed by atoms with Crippen LogP contribution in [-0.2, 0) is 4.79 Å². The van der Waals surface area contributed by atoms with E-state index < -0.39 is 6.10 Å². The average molecular weight is 326 g/mol. The molecule has 4 rings (SSSR count).